The number of guanidine groups is 1. The summed E-state index contributed by atoms with van der Waals surface area (Å²) in [6.45, 7) is 1.54. The summed E-state index contributed by atoms with van der Waals surface area (Å²) in [5.74, 6) is 1.74. The molecule has 0 saturated heterocycles. The number of aryl methyl sites for hydroxylation is 1. The van der Waals surface area contributed by atoms with Crippen molar-refractivity contribution in [3.05, 3.63) is 52.8 Å². The molecule has 0 amide bonds. The Hall–Kier alpha value is -1.41. The number of methoxy groups -OCH3 is 1. The Bertz CT molecular complexity index is 702. The van der Waals surface area contributed by atoms with Crippen molar-refractivity contribution < 1.29 is 4.74 Å². The number of halogens is 2. The van der Waals surface area contributed by atoms with Crippen LogP contribution >= 0.6 is 35.6 Å². The first-order chi connectivity index (χ1) is 11.5. The second-order valence-electron chi connectivity index (χ2n) is 5.69. The van der Waals surface area contributed by atoms with E-state index in [2.05, 4.69) is 27.3 Å². The lowest BCUT2D eigenvalue weighted by Crippen LogP contribution is -2.39. The highest BCUT2D eigenvalue weighted by atomic mass is 127. The Balaban J connectivity index is 0.00000312. The van der Waals surface area contributed by atoms with Crippen molar-refractivity contribution in [1.29, 1.82) is 0 Å². The molecule has 7 heteroatoms. The summed E-state index contributed by atoms with van der Waals surface area (Å²) >= 11 is 6.04. The van der Waals surface area contributed by atoms with Gasteiger partial charge >= 0.3 is 0 Å². The molecule has 0 saturated carbocycles. The van der Waals surface area contributed by atoms with Crippen LogP contribution < -0.4 is 10.1 Å². The first kappa shape index (κ1) is 21.6. The molecule has 5 nitrogen and oxygen atoms in total. The van der Waals surface area contributed by atoms with E-state index in [-0.39, 0.29) is 24.0 Å². The van der Waals surface area contributed by atoms with Gasteiger partial charge in [0, 0.05) is 39.6 Å². The van der Waals surface area contributed by atoms with Crippen molar-refractivity contribution in [2.24, 2.45) is 12.0 Å². The number of nitrogens with zero attached hydrogens (tertiary/aromatic N) is 3. The SMILES string of the molecule is CN=C(NCCc1cccc(OC)c1)N(C)Cc1cc(Cl)cn1C.I. The van der Waals surface area contributed by atoms with Crippen LogP contribution in [0.25, 0.3) is 0 Å². The fraction of sp³-hybridized carbons (Fsp3) is 0.389. The highest BCUT2D eigenvalue weighted by Gasteiger charge is 2.09. The van der Waals surface area contributed by atoms with Gasteiger partial charge < -0.3 is 19.5 Å². The van der Waals surface area contributed by atoms with Gasteiger partial charge in [0.15, 0.2) is 5.96 Å². The zero-order chi connectivity index (χ0) is 17.5. The zero-order valence-electron chi connectivity index (χ0n) is 15.1. The summed E-state index contributed by atoms with van der Waals surface area (Å²) in [5, 5.41) is 4.15. The largest absolute Gasteiger partial charge is 0.497 e. The third-order valence-corrected chi connectivity index (χ3v) is 4.08. The van der Waals surface area contributed by atoms with Crippen LogP contribution in [0.2, 0.25) is 5.02 Å². The Morgan fingerprint density at radius 1 is 1.36 bits per heavy atom. The van der Waals surface area contributed by atoms with E-state index >= 15 is 0 Å². The van der Waals surface area contributed by atoms with Gasteiger partial charge in [0.05, 0.1) is 18.7 Å². The maximum Gasteiger partial charge on any atom is 0.193 e. The highest BCUT2D eigenvalue weighted by Crippen LogP contribution is 2.14. The molecule has 1 N–H and O–H groups in total. The Morgan fingerprint density at radius 3 is 2.72 bits per heavy atom. The van der Waals surface area contributed by atoms with E-state index in [0.29, 0.717) is 0 Å². The van der Waals surface area contributed by atoms with Crippen LogP contribution in [-0.2, 0) is 20.0 Å². The van der Waals surface area contributed by atoms with Crippen molar-refractivity contribution in [2.75, 3.05) is 27.7 Å². The molecule has 2 aromatic rings. The number of aliphatic imine (C=N–C) groups is 1. The third kappa shape index (κ3) is 6.43. The van der Waals surface area contributed by atoms with Gasteiger partial charge in [0.25, 0.3) is 0 Å². The van der Waals surface area contributed by atoms with Crippen molar-refractivity contribution in [1.82, 2.24) is 14.8 Å². The van der Waals surface area contributed by atoms with E-state index in [4.69, 9.17) is 16.3 Å². The summed E-state index contributed by atoms with van der Waals surface area (Å²) in [6, 6.07) is 10.1. The van der Waals surface area contributed by atoms with Gasteiger partial charge in [0.1, 0.15) is 5.75 Å². The topological polar surface area (TPSA) is 41.8 Å². The predicted molar refractivity (Wildman–Crippen MR) is 115 cm³/mol. The van der Waals surface area contributed by atoms with E-state index in [1.54, 1.807) is 14.2 Å². The molecule has 25 heavy (non-hydrogen) atoms. The van der Waals surface area contributed by atoms with Crippen molar-refractivity contribution >= 4 is 41.5 Å². The fourth-order valence-electron chi connectivity index (χ4n) is 2.57. The average molecular weight is 477 g/mol. The third-order valence-electron chi connectivity index (χ3n) is 3.88. The van der Waals surface area contributed by atoms with Gasteiger partial charge in [-0.25, -0.2) is 0 Å². The minimum atomic E-state index is 0. The molecule has 0 radical (unpaired) electrons. The number of benzene rings is 1. The van der Waals surface area contributed by atoms with E-state index in [0.717, 1.165) is 41.9 Å². The summed E-state index contributed by atoms with van der Waals surface area (Å²) in [5.41, 5.74) is 2.37. The molecule has 0 aliphatic heterocycles. The molecule has 0 aliphatic carbocycles. The second-order valence-corrected chi connectivity index (χ2v) is 6.13. The van der Waals surface area contributed by atoms with E-state index in [1.165, 1.54) is 5.56 Å². The van der Waals surface area contributed by atoms with Crippen LogP contribution in [0.4, 0.5) is 0 Å². The summed E-state index contributed by atoms with van der Waals surface area (Å²) in [4.78, 5) is 6.43. The molecule has 2 rings (SSSR count). The Kier molecular flexibility index (Phi) is 9.13. The van der Waals surface area contributed by atoms with Crippen LogP contribution in [0.3, 0.4) is 0 Å². The smallest absolute Gasteiger partial charge is 0.193 e. The quantitative estimate of drug-likeness (QED) is 0.394. The van der Waals surface area contributed by atoms with Gasteiger partial charge in [-0.15, -0.1) is 24.0 Å². The van der Waals surface area contributed by atoms with E-state index in [9.17, 15) is 0 Å². The number of hydrogen-bond acceptors (Lipinski definition) is 2. The highest BCUT2D eigenvalue weighted by molar-refractivity contribution is 14.0. The molecule has 138 valence electrons. The number of rotatable bonds is 6. The minimum Gasteiger partial charge on any atom is -0.497 e. The first-order valence-corrected chi connectivity index (χ1v) is 8.26. The maximum absolute atomic E-state index is 6.04. The van der Waals surface area contributed by atoms with Crippen molar-refractivity contribution in [3.63, 3.8) is 0 Å². The van der Waals surface area contributed by atoms with Crippen LogP contribution in [0, 0.1) is 0 Å². The summed E-state index contributed by atoms with van der Waals surface area (Å²) in [6.07, 6.45) is 2.81. The molecule has 0 spiro atoms. The Morgan fingerprint density at radius 2 is 2.12 bits per heavy atom. The lowest BCUT2D eigenvalue weighted by atomic mass is 10.1. The normalized spacial score (nSPS) is 11.0. The first-order valence-electron chi connectivity index (χ1n) is 7.89. The fourth-order valence-corrected chi connectivity index (χ4v) is 2.84. The predicted octanol–water partition coefficient (Wildman–Crippen LogP) is 3.56. The molecular weight excluding hydrogens is 451 g/mol. The zero-order valence-corrected chi connectivity index (χ0v) is 18.2. The lowest BCUT2D eigenvalue weighted by molar-refractivity contribution is 0.414. The molecule has 0 fully saturated rings. The number of aromatic nitrogens is 1. The number of nitrogens with one attached hydrogen (secondary N) is 1. The van der Waals surface area contributed by atoms with E-state index in [1.807, 2.05) is 43.1 Å². The number of ether oxygens (including phenoxy) is 1. The summed E-state index contributed by atoms with van der Waals surface area (Å²) < 4.78 is 7.29. The van der Waals surface area contributed by atoms with Crippen molar-refractivity contribution in [2.45, 2.75) is 13.0 Å². The molecule has 1 heterocycles. The molecular formula is C18H26ClIN4O. The summed E-state index contributed by atoms with van der Waals surface area (Å²) in [7, 11) is 7.49. The van der Waals surface area contributed by atoms with Gasteiger partial charge in [0.2, 0.25) is 0 Å². The Labute approximate surface area is 172 Å². The van der Waals surface area contributed by atoms with E-state index < -0.39 is 0 Å². The van der Waals surface area contributed by atoms with Crippen LogP contribution in [-0.4, -0.2) is 43.2 Å². The maximum atomic E-state index is 6.04. The monoisotopic (exact) mass is 476 g/mol. The van der Waals surface area contributed by atoms with Gasteiger partial charge in [-0.2, -0.15) is 0 Å². The van der Waals surface area contributed by atoms with Crippen LogP contribution in [0.15, 0.2) is 41.5 Å². The van der Waals surface area contributed by atoms with Gasteiger partial charge in [-0.05, 0) is 30.2 Å². The number of hydrogen-bond donors (Lipinski definition) is 1. The molecule has 0 unspecified atom stereocenters. The molecule has 0 aliphatic rings. The standard InChI is InChI=1S/C18H25ClN4O.HI/c1-20-18(23(3)13-16-11-15(19)12-22(16)2)21-9-8-14-6-5-7-17(10-14)24-4;/h5-7,10-12H,8-9,13H2,1-4H3,(H,20,21);1H. The lowest BCUT2D eigenvalue weighted by Gasteiger charge is -2.22. The van der Waals surface area contributed by atoms with Crippen molar-refractivity contribution in [3.8, 4) is 5.75 Å². The average Bonchev–Trinajstić information content (AvgIpc) is 2.89. The molecule has 0 bridgehead atoms. The molecule has 1 aromatic carbocycles. The second kappa shape index (κ2) is 10.6. The van der Waals surface area contributed by atoms with Crippen LogP contribution in [0.1, 0.15) is 11.3 Å². The minimum absolute atomic E-state index is 0. The molecule has 0 atom stereocenters. The van der Waals surface area contributed by atoms with Crippen LogP contribution in [0.5, 0.6) is 5.75 Å². The van der Waals surface area contributed by atoms with Gasteiger partial charge in [-0.3, -0.25) is 4.99 Å². The molecule has 1 aromatic heterocycles. The van der Waals surface area contributed by atoms with Gasteiger partial charge in [-0.1, -0.05) is 23.7 Å².